The lowest BCUT2D eigenvalue weighted by molar-refractivity contribution is -0.144. The Bertz CT molecular complexity index is 557. The first-order valence-corrected chi connectivity index (χ1v) is 11.6. The highest BCUT2D eigenvalue weighted by Gasteiger charge is 2.05. The van der Waals surface area contributed by atoms with Crippen molar-refractivity contribution in [1.29, 1.82) is 0 Å². The summed E-state index contributed by atoms with van der Waals surface area (Å²) >= 11 is 5.80. The Morgan fingerprint density at radius 1 is 0.724 bits per heavy atom. The van der Waals surface area contributed by atoms with Crippen molar-refractivity contribution in [3.05, 3.63) is 29.3 Å². The zero-order valence-corrected chi connectivity index (χ0v) is 18.7. The Hall–Kier alpha value is -1.55. The molecule has 0 radical (unpaired) electrons. The van der Waals surface area contributed by atoms with E-state index in [1.165, 1.54) is 25.7 Å². The quantitative estimate of drug-likeness (QED) is 0.150. The maximum atomic E-state index is 11.8. The van der Waals surface area contributed by atoms with Crippen molar-refractivity contribution < 1.29 is 19.1 Å². The van der Waals surface area contributed by atoms with E-state index in [1.54, 1.807) is 24.3 Å². The zero-order chi connectivity index (χ0) is 21.2. The lowest BCUT2D eigenvalue weighted by Gasteiger charge is -2.06. The number of benzene rings is 1. The molecule has 0 aliphatic rings. The monoisotopic (exact) mass is 424 g/mol. The molecular formula is C24H37ClO4. The van der Waals surface area contributed by atoms with E-state index in [0.717, 1.165) is 51.4 Å². The molecule has 0 atom stereocenters. The minimum absolute atomic E-state index is 0.0662. The molecule has 1 rings (SSSR count). The van der Waals surface area contributed by atoms with E-state index in [-0.39, 0.29) is 11.9 Å². The van der Waals surface area contributed by atoms with Gasteiger partial charge in [0, 0.05) is 17.9 Å². The van der Waals surface area contributed by atoms with Gasteiger partial charge in [0.25, 0.3) is 0 Å². The standard InChI is InChI=1S/C24H37ClO4/c1-2-3-4-5-10-13-20-28-23(26)14-11-8-6-7-9-12-15-24(27)29-22-18-16-21(25)17-19-22/h16-19H,2-15,20H2,1H3. The number of ether oxygens (including phenoxy) is 2. The van der Waals surface area contributed by atoms with Crippen LogP contribution in [0, 0.1) is 0 Å². The lowest BCUT2D eigenvalue weighted by Crippen LogP contribution is -2.07. The molecule has 0 heterocycles. The summed E-state index contributed by atoms with van der Waals surface area (Å²) in [4.78, 5) is 23.5. The van der Waals surface area contributed by atoms with Crippen molar-refractivity contribution in [2.75, 3.05) is 6.61 Å². The highest BCUT2D eigenvalue weighted by atomic mass is 35.5. The molecule has 0 unspecified atom stereocenters. The van der Waals surface area contributed by atoms with Crippen LogP contribution in [0.1, 0.15) is 96.8 Å². The Balaban J connectivity index is 1.87. The van der Waals surface area contributed by atoms with Gasteiger partial charge in [0.1, 0.15) is 5.75 Å². The summed E-state index contributed by atoms with van der Waals surface area (Å²) in [6.07, 6.45) is 14.0. The fraction of sp³-hybridized carbons (Fsp3) is 0.667. The number of carbonyl (C=O) groups excluding carboxylic acids is 2. The summed E-state index contributed by atoms with van der Waals surface area (Å²) < 4.78 is 10.5. The Kier molecular flexibility index (Phi) is 15.2. The molecule has 29 heavy (non-hydrogen) atoms. The molecule has 4 nitrogen and oxygen atoms in total. The summed E-state index contributed by atoms with van der Waals surface area (Å²) in [5.41, 5.74) is 0. The topological polar surface area (TPSA) is 52.6 Å². The molecule has 0 saturated carbocycles. The summed E-state index contributed by atoms with van der Waals surface area (Å²) in [6.45, 7) is 2.78. The molecule has 5 heteroatoms. The van der Waals surface area contributed by atoms with Crippen LogP contribution in [0.2, 0.25) is 5.02 Å². The summed E-state index contributed by atoms with van der Waals surface area (Å²) in [5.74, 6) is 0.256. The molecule has 0 fully saturated rings. The van der Waals surface area contributed by atoms with Gasteiger partial charge >= 0.3 is 11.9 Å². The van der Waals surface area contributed by atoms with Crippen molar-refractivity contribution >= 4 is 23.5 Å². The normalized spacial score (nSPS) is 10.7. The second kappa shape index (κ2) is 17.3. The van der Waals surface area contributed by atoms with Crippen LogP contribution in [-0.2, 0) is 14.3 Å². The maximum Gasteiger partial charge on any atom is 0.311 e. The van der Waals surface area contributed by atoms with Crippen molar-refractivity contribution in [1.82, 2.24) is 0 Å². The van der Waals surface area contributed by atoms with Gasteiger partial charge in [0.05, 0.1) is 6.61 Å². The predicted octanol–water partition coefficient (Wildman–Crippen LogP) is 7.27. The Morgan fingerprint density at radius 3 is 1.86 bits per heavy atom. The van der Waals surface area contributed by atoms with Gasteiger partial charge in [-0.1, -0.05) is 76.3 Å². The number of unbranched alkanes of at least 4 members (excludes halogenated alkanes) is 10. The average molecular weight is 425 g/mol. The molecule has 1 aromatic carbocycles. The first-order valence-electron chi connectivity index (χ1n) is 11.2. The molecule has 0 amide bonds. The largest absolute Gasteiger partial charge is 0.466 e. The van der Waals surface area contributed by atoms with Gasteiger partial charge in [0.15, 0.2) is 0 Å². The van der Waals surface area contributed by atoms with Gasteiger partial charge in [-0.25, -0.2) is 0 Å². The molecule has 0 saturated heterocycles. The first-order chi connectivity index (χ1) is 14.1. The summed E-state index contributed by atoms with van der Waals surface area (Å²) in [5, 5.41) is 0.621. The van der Waals surface area contributed by atoms with Crippen LogP contribution in [0.4, 0.5) is 0 Å². The molecule has 0 N–H and O–H groups in total. The second-order valence-corrected chi connectivity index (χ2v) is 7.97. The maximum absolute atomic E-state index is 11.8. The fourth-order valence-electron chi connectivity index (χ4n) is 3.07. The average Bonchev–Trinajstić information content (AvgIpc) is 2.71. The van der Waals surface area contributed by atoms with Crippen molar-refractivity contribution in [3.63, 3.8) is 0 Å². The molecule has 0 aliphatic carbocycles. The number of hydrogen-bond acceptors (Lipinski definition) is 4. The van der Waals surface area contributed by atoms with Gasteiger partial charge in [-0.05, 0) is 43.5 Å². The third kappa shape index (κ3) is 15.0. The van der Waals surface area contributed by atoms with Crippen molar-refractivity contribution in [3.8, 4) is 5.75 Å². The van der Waals surface area contributed by atoms with Gasteiger partial charge < -0.3 is 9.47 Å². The van der Waals surface area contributed by atoms with Gasteiger partial charge in [-0.2, -0.15) is 0 Å². The SMILES string of the molecule is CCCCCCCCOC(=O)CCCCCCCCC(=O)Oc1ccc(Cl)cc1. The van der Waals surface area contributed by atoms with Crippen LogP contribution in [-0.4, -0.2) is 18.5 Å². The Morgan fingerprint density at radius 2 is 1.24 bits per heavy atom. The lowest BCUT2D eigenvalue weighted by atomic mass is 10.1. The van der Waals surface area contributed by atoms with Gasteiger partial charge in [0.2, 0.25) is 0 Å². The molecule has 0 aliphatic heterocycles. The van der Waals surface area contributed by atoms with Crippen molar-refractivity contribution in [2.24, 2.45) is 0 Å². The van der Waals surface area contributed by atoms with Crippen molar-refractivity contribution in [2.45, 2.75) is 96.8 Å². The fourth-order valence-corrected chi connectivity index (χ4v) is 3.20. The number of esters is 2. The van der Waals surface area contributed by atoms with E-state index >= 15 is 0 Å². The predicted molar refractivity (Wildman–Crippen MR) is 118 cm³/mol. The minimum Gasteiger partial charge on any atom is -0.466 e. The minimum atomic E-state index is -0.208. The van der Waals surface area contributed by atoms with Gasteiger partial charge in [-0.15, -0.1) is 0 Å². The smallest absolute Gasteiger partial charge is 0.311 e. The van der Waals surface area contributed by atoms with E-state index in [1.807, 2.05) is 0 Å². The highest BCUT2D eigenvalue weighted by molar-refractivity contribution is 6.30. The van der Waals surface area contributed by atoms with Crippen LogP contribution >= 0.6 is 11.6 Å². The van der Waals surface area contributed by atoms with Crippen LogP contribution in [0.25, 0.3) is 0 Å². The molecule has 0 spiro atoms. The molecular weight excluding hydrogens is 388 g/mol. The van der Waals surface area contributed by atoms with Crippen LogP contribution in [0.5, 0.6) is 5.75 Å². The van der Waals surface area contributed by atoms with E-state index < -0.39 is 0 Å². The van der Waals surface area contributed by atoms with Gasteiger partial charge in [-0.3, -0.25) is 9.59 Å². The first kappa shape index (κ1) is 25.5. The molecule has 1 aromatic rings. The van der Waals surface area contributed by atoms with E-state index in [4.69, 9.17) is 21.1 Å². The third-order valence-electron chi connectivity index (χ3n) is 4.82. The molecule has 0 bridgehead atoms. The van der Waals surface area contributed by atoms with E-state index in [2.05, 4.69) is 6.92 Å². The number of rotatable bonds is 17. The van der Waals surface area contributed by atoms with E-state index in [0.29, 0.717) is 30.2 Å². The molecule has 164 valence electrons. The number of halogens is 1. The summed E-state index contributed by atoms with van der Waals surface area (Å²) in [6, 6.07) is 6.79. The highest BCUT2D eigenvalue weighted by Crippen LogP contribution is 2.17. The van der Waals surface area contributed by atoms with E-state index in [9.17, 15) is 9.59 Å². The third-order valence-corrected chi connectivity index (χ3v) is 5.07. The second-order valence-electron chi connectivity index (χ2n) is 7.54. The molecule has 0 aromatic heterocycles. The van der Waals surface area contributed by atoms with Crippen LogP contribution in [0.15, 0.2) is 24.3 Å². The van der Waals surface area contributed by atoms with Crippen LogP contribution in [0.3, 0.4) is 0 Å². The van der Waals surface area contributed by atoms with Crippen LogP contribution < -0.4 is 4.74 Å². The number of carbonyl (C=O) groups is 2. The summed E-state index contributed by atoms with van der Waals surface area (Å²) in [7, 11) is 0. The number of hydrogen-bond donors (Lipinski definition) is 0. The zero-order valence-electron chi connectivity index (χ0n) is 17.9. The Labute approximate surface area is 181 Å².